The third-order valence-electron chi connectivity index (χ3n) is 5.53. The van der Waals surface area contributed by atoms with Crippen LogP contribution in [0.2, 0.25) is 0 Å². The molecule has 1 fully saturated rings. The van der Waals surface area contributed by atoms with E-state index in [0.29, 0.717) is 36.4 Å². The first-order chi connectivity index (χ1) is 15.0. The van der Waals surface area contributed by atoms with Crippen LogP contribution in [0.5, 0.6) is 5.75 Å². The van der Waals surface area contributed by atoms with E-state index in [1.165, 1.54) is 12.1 Å². The normalized spacial score (nSPS) is 16.4. The van der Waals surface area contributed by atoms with Crippen molar-refractivity contribution in [3.05, 3.63) is 89.5 Å². The lowest BCUT2D eigenvalue weighted by Gasteiger charge is -2.21. The van der Waals surface area contributed by atoms with Gasteiger partial charge in [0, 0.05) is 18.2 Å². The zero-order chi connectivity index (χ0) is 21.8. The van der Waals surface area contributed by atoms with Gasteiger partial charge in [-0.3, -0.25) is 9.69 Å². The summed E-state index contributed by atoms with van der Waals surface area (Å²) in [5, 5.41) is 9.35. The summed E-state index contributed by atoms with van der Waals surface area (Å²) in [7, 11) is 0. The van der Waals surface area contributed by atoms with Gasteiger partial charge in [0.1, 0.15) is 30.0 Å². The fraction of sp³-hybridized carbons (Fsp3) is 0.240. The van der Waals surface area contributed by atoms with Gasteiger partial charge in [-0.1, -0.05) is 36.4 Å². The van der Waals surface area contributed by atoms with Crippen molar-refractivity contribution in [1.82, 2.24) is 4.90 Å². The zero-order valence-electron chi connectivity index (χ0n) is 16.9. The second-order valence-corrected chi connectivity index (χ2v) is 7.72. The number of nitrogens with zero attached hydrogens (tertiary/aromatic N) is 1. The van der Waals surface area contributed by atoms with E-state index in [1.54, 1.807) is 24.3 Å². The molecule has 0 saturated carbocycles. The molecule has 0 radical (unpaired) electrons. The molecule has 0 aromatic heterocycles. The number of carboxylic acids is 1. The first-order valence-electron chi connectivity index (χ1n) is 10.2. The molecule has 6 heteroatoms. The van der Waals surface area contributed by atoms with Crippen LogP contribution in [0.25, 0.3) is 11.1 Å². The molecule has 31 heavy (non-hydrogen) atoms. The topological polar surface area (TPSA) is 49.8 Å². The molecule has 4 nitrogen and oxygen atoms in total. The lowest BCUT2D eigenvalue weighted by molar-refractivity contribution is -0.142. The maximum atomic E-state index is 14.0. The minimum Gasteiger partial charge on any atom is -0.489 e. The second-order valence-electron chi connectivity index (χ2n) is 7.72. The van der Waals surface area contributed by atoms with Crippen LogP contribution >= 0.6 is 0 Å². The van der Waals surface area contributed by atoms with E-state index < -0.39 is 23.6 Å². The number of carboxylic acid groups (broad SMARTS) is 1. The van der Waals surface area contributed by atoms with Crippen LogP contribution in [0.4, 0.5) is 8.78 Å². The highest BCUT2D eigenvalue weighted by Gasteiger charge is 2.30. The number of likely N-dealkylation sites (tertiary alicyclic amines) is 1. The summed E-state index contributed by atoms with van der Waals surface area (Å²) in [4.78, 5) is 13.4. The molecule has 1 atom stereocenters. The number of ether oxygens (including phenoxy) is 1. The Balaban J connectivity index is 1.38. The summed E-state index contributed by atoms with van der Waals surface area (Å²) in [5.41, 5.74) is 3.02. The number of hydrogen-bond donors (Lipinski definition) is 1. The first kappa shape index (κ1) is 21.0. The predicted molar refractivity (Wildman–Crippen MR) is 114 cm³/mol. The van der Waals surface area contributed by atoms with Gasteiger partial charge < -0.3 is 9.84 Å². The standard InChI is InChI=1S/C25H23F2NO3/c26-20-8-11-22(23(27)14-20)19-6-9-21(10-7-19)31-16-18-4-1-3-17(13-18)15-28-12-2-5-24(28)25(29)30/h1,3-4,6-11,13-14,24H,2,5,12,15-16H2,(H,29,30)/t24-/m0/s1. The smallest absolute Gasteiger partial charge is 0.320 e. The highest BCUT2D eigenvalue weighted by molar-refractivity contribution is 5.73. The van der Waals surface area contributed by atoms with Gasteiger partial charge in [0.25, 0.3) is 0 Å². The molecular weight excluding hydrogens is 400 g/mol. The minimum absolute atomic E-state index is 0.335. The third kappa shape index (κ3) is 5.09. The van der Waals surface area contributed by atoms with E-state index in [0.717, 1.165) is 30.2 Å². The largest absolute Gasteiger partial charge is 0.489 e. The van der Waals surface area contributed by atoms with Gasteiger partial charge in [-0.15, -0.1) is 0 Å². The molecular formula is C25H23F2NO3. The number of carbonyl (C=O) groups is 1. The van der Waals surface area contributed by atoms with E-state index in [2.05, 4.69) is 0 Å². The Labute approximate surface area is 179 Å². The maximum absolute atomic E-state index is 14.0. The summed E-state index contributed by atoms with van der Waals surface area (Å²) < 4.78 is 32.9. The van der Waals surface area contributed by atoms with Gasteiger partial charge in [0.05, 0.1) is 0 Å². The van der Waals surface area contributed by atoms with Gasteiger partial charge in [0.2, 0.25) is 0 Å². The van der Waals surface area contributed by atoms with E-state index in [4.69, 9.17) is 4.74 Å². The van der Waals surface area contributed by atoms with Crippen molar-refractivity contribution in [2.75, 3.05) is 6.54 Å². The fourth-order valence-corrected chi connectivity index (χ4v) is 3.97. The number of aliphatic carboxylic acids is 1. The predicted octanol–water partition coefficient (Wildman–Crippen LogP) is 5.26. The summed E-state index contributed by atoms with van der Waals surface area (Å²) in [6.07, 6.45) is 1.59. The molecule has 0 bridgehead atoms. The Bertz CT molecular complexity index is 1070. The average molecular weight is 423 g/mol. The van der Waals surface area contributed by atoms with Crippen molar-refractivity contribution < 1.29 is 23.4 Å². The molecule has 1 N–H and O–H groups in total. The molecule has 1 heterocycles. The van der Waals surface area contributed by atoms with Crippen LogP contribution in [-0.4, -0.2) is 28.6 Å². The molecule has 0 amide bonds. The van der Waals surface area contributed by atoms with Crippen molar-refractivity contribution in [2.45, 2.75) is 32.0 Å². The Morgan fingerprint density at radius 1 is 1.03 bits per heavy atom. The quantitative estimate of drug-likeness (QED) is 0.563. The lowest BCUT2D eigenvalue weighted by atomic mass is 10.1. The molecule has 3 aromatic carbocycles. The number of hydrogen-bond acceptors (Lipinski definition) is 3. The zero-order valence-corrected chi connectivity index (χ0v) is 16.9. The highest BCUT2D eigenvalue weighted by Crippen LogP contribution is 2.26. The van der Waals surface area contributed by atoms with E-state index in [1.807, 2.05) is 29.2 Å². The number of rotatable bonds is 7. The number of benzene rings is 3. The molecule has 4 rings (SSSR count). The van der Waals surface area contributed by atoms with Gasteiger partial charge >= 0.3 is 5.97 Å². The van der Waals surface area contributed by atoms with Crippen molar-refractivity contribution in [3.63, 3.8) is 0 Å². The van der Waals surface area contributed by atoms with Crippen LogP contribution in [0.3, 0.4) is 0 Å². The summed E-state index contributed by atoms with van der Waals surface area (Å²) in [6.45, 7) is 1.75. The average Bonchev–Trinajstić information content (AvgIpc) is 3.22. The Kier molecular flexibility index (Phi) is 6.28. The van der Waals surface area contributed by atoms with E-state index >= 15 is 0 Å². The van der Waals surface area contributed by atoms with Crippen molar-refractivity contribution in [2.24, 2.45) is 0 Å². The minimum atomic E-state index is -0.763. The van der Waals surface area contributed by atoms with Gasteiger partial charge in [0.15, 0.2) is 0 Å². The van der Waals surface area contributed by atoms with Gasteiger partial charge in [-0.05, 0) is 60.3 Å². The van der Waals surface area contributed by atoms with Crippen molar-refractivity contribution in [1.29, 1.82) is 0 Å². The Morgan fingerprint density at radius 3 is 2.55 bits per heavy atom. The lowest BCUT2D eigenvalue weighted by Crippen LogP contribution is -2.35. The van der Waals surface area contributed by atoms with Gasteiger partial charge in [-0.25, -0.2) is 8.78 Å². The molecule has 1 aliphatic heterocycles. The highest BCUT2D eigenvalue weighted by atomic mass is 19.1. The molecule has 160 valence electrons. The molecule has 1 aliphatic rings. The fourth-order valence-electron chi connectivity index (χ4n) is 3.97. The first-order valence-corrected chi connectivity index (χ1v) is 10.2. The second kappa shape index (κ2) is 9.27. The summed E-state index contributed by atoms with van der Waals surface area (Å²) >= 11 is 0. The molecule has 0 aliphatic carbocycles. The third-order valence-corrected chi connectivity index (χ3v) is 5.53. The van der Waals surface area contributed by atoms with Crippen LogP contribution in [0.1, 0.15) is 24.0 Å². The Hall–Kier alpha value is -3.25. The summed E-state index contributed by atoms with van der Waals surface area (Å²) in [6, 6.07) is 18.0. The van der Waals surface area contributed by atoms with Crippen molar-refractivity contribution in [3.8, 4) is 16.9 Å². The van der Waals surface area contributed by atoms with E-state index in [-0.39, 0.29) is 0 Å². The molecule has 3 aromatic rings. The summed E-state index contributed by atoms with van der Waals surface area (Å²) in [5.74, 6) is -1.33. The molecule has 1 saturated heterocycles. The van der Waals surface area contributed by atoms with E-state index in [9.17, 15) is 18.7 Å². The van der Waals surface area contributed by atoms with Crippen LogP contribution in [-0.2, 0) is 17.9 Å². The van der Waals surface area contributed by atoms with Crippen LogP contribution in [0.15, 0.2) is 66.7 Å². The molecule has 0 spiro atoms. The SMILES string of the molecule is O=C(O)[C@@H]1CCCN1Cc1cccc(COc2ccc(-c3ccc(F)cc3F)cc2)c1. The number of halogens is 2. The Morgan fingerprint density at radius 2 is 1.81 bits per heavy atom. The van der Waals surface area contributed by atoms with Crippen LogP contribution < -0.4 is 4.74 Å². The van der Waals surface area contributed by atoms with Crippen LogP contribution in [0, 0.1) is 11.6 Å². The maximum Gasteiger partial charge on any atom is 0.320 e. The van der Waals surface area contributed by atoms with Crippen molar-refractivity contribution >= 4 is 5.97 Å². The van der Waals surface area contributed by atoms with Gasteiger partial charge in [-0.2, -0.15) is 0 Å². The molecule has 0 unspecified atom stereocenters. The monoisotopic (exact) mass is 423 g/mol.